The molecule has 1 aliphatic carbocycles. The third kappa shape index (κ3) is 3.61. The number of nitrogens with zero attached hydrogens (tertiary/aromatic N) is 4. The highest BCUT2D eigenvalue weighted by Gasteiger charge is 2.31. The van der Waals surface area contributed by atoms with Gasteiger partial charge < -0.3 is 4.57 Å². The van der Waals surface area contributed by atoms with Crippen molar-refractivity contribution in [3.05, 3.63) is 34.8 Å². The quantitative estimate of drug-likeness (QED) is 0.736. The molecular weight excluding hydrogens is 367 g/mol. The molecule has 2 aromatic rings. The van der Waals surface area contributed by atoms with E-state index >= 15 is 0 Å². The van der Waals surface area contributed by atoms with Crippen LogP contribution in [0.2, 0.25) is 0 Å². The predicted molar refractivity (Wildman–Crippen MR) is 100 cm³/mol. The number of aromatic nitrogens is 1. The highest BCUT2D eigenvalue weighted by Crippen LogP contribution is 2.42. The summed E-state index contributed by atoms with van der Waals surface area (Å²) >= 11 is -2.16. The van der Waals surface area contributed by atoms with Crippen LogP contribution in [0.4, 0.5) is 4.39 Å². The summed E-state index contributed by atoms with van der Waals surface area (Å²) in [6.07, 6.45) is 1.76. The monoisotopic (exact) mass is 388 g/mol. The van der Waals surface area contributed by atoms with Crippen LogP contribution in [0.3, 0.4) is 0 Å². The first kappa shape index (κ1) is 19.5. The van der Waals surface area contributed by atoms with Crippen molar-refractivity contribution in [1.82, 2.24) is 8.87 Å². The van der Waals surface area contributed by atoms with Gasteiger partial charge in [-0.3, -0.25) is 4.55 Å². The summed E-state index contributed by atoms with van der Waals surface area (Å²) in [6.45, 7) is 3.03. The van der Waals surface area contributed by atoms with Crippen LogP contribution in [-0.4, -0.2) is 30.7 Å². The molecule has 0 fully saturated rings. The summed E-state index contributed by atoms with van der Waals surface area (Å²) in [4.78, 5) is 0. The molecule has 1 aliphatic rings. The number of hydrogen-bond donors (Lipinski definition) is 1. The van der Waals surface area contributed by atoms with Gasteiger partial charge in [-0.05, 0) is 43.0 Å². The van der Waals surface area contributed by atoms with Gasteiger partial charge in [-0.25, -0.2) is 8.60 Å². The molecule has 0 bridgehead atoms. The van der Waals surface area contributed by atoms with Crippen LogP contribution in [0.1, 0.15) is 42.0 Å². The number of aryl methyl sites for hydroxylation is 2. The van der Waals surface area contributed by atoms with E-state index in [1.54, 1.807) is 6.07 Å². The van der Waals surface area contributed by atoms with E-state index in [-0.39, 0.29) is 24.7 Å². The molecule has 3 rings (SSSR count). The van der Waals surface area contributed by atoms with E-state index < -0.39 is 11.3 Å². The maximum absolute atomic E-state index is 14.4. The maximum atomic E-state index is 14.4. The standard InChI is InChI=1S/C19H21FN4O2S/c1-13-18-14(12-23(27(25)26)10-2-8-21)4-5-15-16(20)6-7-17(19(15)18)24(13)11-3-9-22/h6-7,14H,2-5,10-12H2,1H3,(H,25,26). The average Bonchev–Trinajstić information content (AvgIpc) is 2.93. The van der Waals surface area contributed by atoms with E-state index in [0.29, 0.717) is 37.9 Å². The minimum absolute atomic E-state index is 0.0278. The van der Waals surface area contributed by atoms with Crippen molar-refractivity contribution in [2.24, 2.45) is 0 Å². The molecule has 27 heavy (non-hydrogen) atoms. The van der Waals surface area contributed by atoms with Gasteiger partial charge in [0.2, 0.25) is 11.3 Å². The molecule has 0 saturated carbocycles. The minimum Gasteiger partial charge on any atom is -0.344 e. The van der Waals surface area contributed by atoms with E-state index in [9.17, 15) is 13.2 Å². The molecule has 1 aromatic carbocycles. The van der Waals surface area contributed by atoms with Gasteiger partial charge in [0.25, 0.3) is 0 Å². The molecule has 2 unspecified atom stereocenters. The normalized spacial score (nSPS) is 17.0. The van der Waals surface area contributed by atoms with E-state index in [1.165, 1.54) is 10.4 Å². The summed E-state index contributed by atoms with van der Waals surface area (Å²) in [5.74, 6) is -0.258. The molecule has 0 aliphatic heterocycles. The van der Waals surface area contributed by atoms with Crippen molar-refractivity contribution in [1.29, 1.82) is 10.5 Å². The van der Waals surface area contributed by atoms with Gasteiger partial charge in [-0.2, -0.15) is 14.8 Å². The number of benzene rings is 1. The molecule has 6 nitrogen and oxygen atoms in total. The van der Waals surface area contributed by atoms with Crippen molar-refractivity contribution in [3.63, 3.8) is 0 Å². The van der Waals surface area contributed by atoms with Gasteiger partial charge in [-0.15, -0.1) is 0 Å². The first-order valence-corrected chi connectivity index (χ1v) is 9.95. The van der Waals surface area contributed by atoms with E-state index in [0.717, 1.165) is 22.2 Å². The molecule has 1 heterocycles. The molecular formula is C19H21FN4O2S. The Hall–Kier alpha value is -2.26. The Morgan fingerprint density at radius 2 is 2.11 bits per heavy atom. The molecule has 1 aromatic heterocycles. The molecule has 1 N–H and O–H groups in total. The fourth-order valence-electron chi connectivity index (χ4n) is 4.14. The fourth-order valence-corrected chi connectivity index (χ4v) is 4.69. The van der Waals surface area contributed by atoms with Crippen LogP contribution in [0.15, 0.2) is 12.1 Å². The Morgan fingerprint density at radius 3 is 2.78 bits per heavy atom. The SMILES string of the molecule is Cc1c2c3c(c(F)ccc3n1CCC#N)CCC2CN(CCC#N)S(=O)O. The molecule has 8 heteroatoms. The predicted octanol–water partition coefficient (Wildman–Crippen LogP) is 3.38. The van der Waals surface area contributed by atoms with Crippen LogP contribution < -0.4 is 0 Å². The molecule has 0 spiro atoms. The third-order valence-electron chi connectivity index (χ3n) is 5.30. The number of halogens is 1. The highest BCUT2D eigenvalue weighted by atomic mass is 32.2. The first-order valence-electron chi connectivity index (χ1n) is 8.89. The summed E-state index contributed by atoms with van der Waals surface area (Å²) < 4.78 is 39.1. The second kappa shape index (κ2) is 8.18. The van der Waals surface area contributed by atoms with Gasteiger partial charge in [0.15, 0.2) is 0 Å². The third-order valence-corrected chi connectivity index (χ3v) is 6.08. The summed E-state index contributed by atoms with van der Waals surface area (Å²) in [7, 11) is 0. The lowest BCUT2D eigenvalue weighted by atomic mass is 9.83. The fraction of sp³-hybridized carbons (Fsp3) is 0.474. The zero-order chi connectivity index (χ0) is 19.6. The van der Waals surface area contributed by atoms with E-state index in [2.05, 4.69) is 6.07 Å². The van der Waals surface area contributed by atoms with Crippen LogP contribution in [0, 0.1) is 35.4 Å². The highest BCUT2D eigenvalue weighted by molar-refractivity contribution is 7.76. The van der Waals surface area contributed by atoms with Gasteiger partial charge in [0.05, 0.1) is 18.6 Å². The van der Waals surface area contributed by atoms with Gasteiger partial charge >= 0.3 is 0 Å². The molecule has 0 radical (unpaired) electrons. The summed E-state index contributed by atoms with van der Waals surface area (Å²) in [5.41, 5.74) is 3.57. The van der Waals surface area contributed by atoms with Gasteiger partial charge in [0.1, 0.15) is 5.82 Å². The van der Waals surface area contributed by atoms with Crippen molar-refractivity contribution in [2.75, 3.05) is 13.1 Å². The Bertz CT molecular complexity index is 973. The smallest absolute Gasteiger partial charge is 0.234 e. The Kier molecular flexibility index (Phi) is 5.91. The zero-order valence-corrected chi connectivity index (χ0v) is 15.9. The maximum Gasteiger partial charge on any atom is 0.234 e. The second-order valence-electron chi connectivity index (χ2n) is 6.74. The van der Waals surface area contributed by atoms with Crippen LogP contribution >= 0.6 is 0 Å². The first-order chi connectivity index (χ1) is 13.0. The van der Waals surface area contributed by atoms with Crippen molar-refractivity contribution in [3.8, 4) is 12.1 Å². The summed E-state index contributed by atoms with van der Waals surface area (Å²) in [5, 5.41) is 18.6. The Labute approximate surface area is 160 Å². The Balaban J connectivity index is 2.07. The molecule has 0 saturated heterocycles. The lowest BCUT2D eigenvalue weighted by Crippen LogP contribution is -2.32. The van der Waals surface area contributed by atoms with Crippen LogP contribution in [0.5, 0.6) is 0 Å². The summed E-state index contributed by atoms with van der Waals surface area (Å²) in [6, 6.07) is 7.38. The zero-order valence-electron chi connectivity index (χ0n) is 15.1. The lowest BCUT2D eigenvalue weighted by Gasteiger charge is -2.28. The number of rotatable bonds is 7. The van der Waals surface area contributed by atoms with Crippen molar-refractivity contribution in [2.45, 2.75) is 45.1 Å². The van der Waals surface area contributed by atoms with Crippen molar-refractivity contribution < 1.29 is 13.2 Å². The second-order valence-corrected chi connectivity index (χ2v) is 7.72. The number of nitriles is 2. The van der Waals surface area contributed by atoms with Gasteiger partial charge in [-0.1, -0.05) is 0 Å². The van der Waals surface area contributed by atoms with Gasteiger partial charge in [0, 0.05) is 48.6 Å². The van der Waals surface area contributed by atoms with Crippen LogP contribution in [0.25, 0.3) is 10.9 Å². The molecule has 2 atom stereocenters. The lowest BCUT2D eigenvalue weighted by molar-refractivity contribution is 0.367. The number of hydrogen-bond acceptors (Lipinski definition) is 3. The Morgan fingerprint density at radius 1 is 1.37 bits per heavy atom. The van der Waals surface area contributed by atoms with Crippen LogP contribution in [-0.2, 0) is 24.2 Å². The largest absolute Gasteiger partial charge is 0.344 e. The van der Waals surface area contributed by atoms with E-state index in [4.69, 9.17) is 10.5 Å². The van der Waals surface area contributed by atoms with Crippen molar-refractivity contribution >= 4 is 22.2 Å². The molecule has 142 valence electrons. The average molecular weight is 388 g/mol. The minimum atomic E-state index is -2.16. The topological polar surface area (TPSA) is 93.0 Å². The van der Waals surface area contributed by atoms with E-state index in [1.807, 2.05) is 17.6 Å². The molecule has 0 amide bonds.